The molecule has 1 unspecified atom stereocenters. The first kappa shape index (κ1) is 15.0. The Bertz CT molecular complexity index is 462. The molecule has 0 aliphatic heterocycles. The van der Waals surface area contributed by atoms with Crippen LogP contribution in [0.4, 0.5) is 4.39 Å². The lowest BCUT2D eigenvalue weighted by molar-refractivity contribution is 0.493. The van der Waals surface area contributed by atoms with Crippen molar-refractivity contribution in [1.29, 1.82) is 0 Å². The van der Waals surface area contributed by atoms with E-state index in [1.165, 1.54) is 12.1 Å². The van der Waals surface area contributed by atoms with Gasteiger partial charge in [-0.3, -0.25) is 16.3 Å². The molecule has 1 aromatic heterocycles. The Kier molecular flexibility index (Phi) is 5.64. The zero-order valence-corrected chi connectivity index (χ0v) is 11.1. The monoisotopic (exact) mass is 275 g/mol. The highest BCUT2D eigenvalue weighted by Crippen LogP contribution is 2.16. The average Bonchev–Trinajstić information content (AvgIpc) is 2.36. The molecule has 3 N–H and O–H groups in total. The van der Waals surface area contributed by atoms with Gasteiger partial charge in [0, 0.05) is 5.75 Å². The molecular formula is C11H18FN3O2S. The summed E-state index contributed by atoms with van der Waals surface area (Å²) in [7, 11) is -2.96. The van der Waals surface area contributed by atoms with Crippen molar-refractivity contribution in [1.82, 2.24) is 10.4 Å². The summed E-state index contributed by atoms with van der Waals surface area (Å²) >= 11 is 0. The molecule has 0 aliphatic carbocycles. The fraction of sp³-hybridized carbons (Fsp3) is 0.545. The summed E-state index contributed by atoms with van der Waals surface area (Å²) in [5.74, 6) is 5.25. The number of halogens is 1. The second-order valence-corrected chi connectivity index (χ2v) is 6.47. The van der Waals surface area contributed by atoms with E-state index in [1.54, 1.807) is 6.92 Å². The maximum absolute atomic E-state index is 12.7. The average molecular weight is 275 g/mol. The highest BCUT2D eigenvalue weighted by Gasteiger charge is 2.13. The van der Waals surface area contributed by atoms with Gasteiger partial charge in [0.15, 0.2) is 0 Å². The Morgan fingerprint density at radius 1 is 1.50 bits per heavy atom. The number of aromatic nitrogens is 1. The van der Waals surface area contributed by atoms with Crippen LogP contribution in [0, 0.1) is 5.82 Å². The molecule has 0 aromatic carbocycles. The SMILES string of the molecule is CCS(=O)(=O)CCCC(NN)c1ccc(F)cn1. The van der Waals surface area contributed by atoms with Crippen molar-refractivity contribution in [2.24, 2.45) is 5.84 Å². The van der Waals surface area contributed by atoms with Crippen LogP contribution in [0.2, 0.25) is 0 Å². The van der Waals surface area contributed by atoms with Gasteiger partial charge in [-0.25, -0.2) is 12.8 Å². The van der Waals surface area contributed by atoms with Crippen LogP contribution >= 0.6 is 0 Å². The van der Waals surface area contributed by atoms with Crippen molar-refractivity contribution in [2.75, 3.05) is 11.5 Å². The minimum absolute atomic E-state index is 0.128. The number of nitrogens with two attached hydrogens (primary N) is 1. The molecule has 1 rings (SSSR count). The van der Waals surface area contributed by atoms with Gasteiger partial charge in [-0.05, 0) is 25.0 Å². The van der Waals surface area contributed by atoms with E-state index in [9.17, 15) is 12.8 Å². The van der Waals surface area contributed by atoms with E-state index < -0.39 is 15.7 Å². The van der Waals surface area contributed by atoms with Crippen molar-refractivity contribution in [2.45, 2.75) is 25.8 Å². The molecule has 0 spiro atoms. The van der Waals surface area contributed by atoms with Crippen LogP contribution in [0.5, 0.6) is 0 Å². The molecule has 5 nitrogen and oxygen atoms in total. The highest BCUT2D eigenvalue weighted by molar-refractivity contribution is 7.91. The van der Waals surface area contributed by atoms with E-state index in [4.69, 9.17) is 5.84 Å². The molecule has 102 valence electrons. The molecule has 0 fully saturated rings. The van der Waals surface area contributed by atoms with Crippen molar-refractivity contribution in [3.8, 4) is 0 Å². The second kappa shape index (κ2) is 6.77. The number of rotatable bonds is 7. The fourth-order valence-corrected chi connectivity index (χ4v) is 2.46. The predicted molar refractivity (Wildman–Crippen MR) is 67.8 cm³/mol. The van der Waals surface area contributed by atoms with E-state index in [0.29, 0.717) is 18.5 Å². The Morgan fingerprint density at radius 3 is 2.72 bits per heavy atom. The molecule has 0 saturated carbocycles. The predicted octanol–water partition coefficient (Wildman–Crippen LogP) is 0.940. The zero-order valence-electron chi connectivity index (χ0n) is 10.3. The van der Waals surface area contributed by atoms with Gasteiger partial charge in [-0.15, -0.1) is 0 Å². The quantitative estimate of drug-likeness (QED) is 0.571. The molecule has 0 saturated heterocycles. The first-order valence-corrected chi connectivity index (χ1v) is 7.58. The molecule has 0 aliphatic rings. The third-order valence-corrected chi connectivity index (χ3v) is 4.49. The van der Waals surface area contributed by atoms with Crippen LogP contribution in [0.3, 0.4) is 0 Å². The first-order valence-electron chi connectivity index (χ1n) is 5.76. The molecule has 1 heterocycles. The van der Waals surface area contributed by atoms with Crippen LogP contribution < -0.4 is 11.3 Å². The van der Waals surface area contributed by atoms with Crippen LogP contribution in [0.15, 0.2) is 18.3 Å². The van der Waals surface area contributed by atoms with Crippen LogP contribution in [-0.4, -0.2) is 24.9 Å². The number of hydrogen-bond donors (Lipinski definition) is 2. The van der Waals surface area contributed by atoms with E-state index in [1.807, 2.05) is 0 Å². The lowest BCUT2D eigenvalue weighted by atomic mass is 10.1. The minimum atomic E-state index is -2.96. The van der Waals surface area contributed by atoms with E-state index in [0.717, 1.165) is 6.20 Å². The smallest absolute Gasteiger partial charge is 0.150 e. The summed E-state index contributed by atoms with van der Waals surface area (Å²) in [5, 5.41) is 0. The van der Waals surface area contributed by atoms with Crippen molar-refractivity contribution >= 4 is 9.84 Å². The second-order valence-electron chi connectivity index (χ2n) is 4.00. The molecule has 0 bridgehead atoms. The Balaban J connectivity index is 2.55. The van der Waals surface area contributed by atoms with Crippen LogP contribution in [0.25, 0.3) is 0 Å². The van der Waals surface area contributed by atoms with E-state index >= 15 is 0 Å². The Hall–Kier alpha value is -1.05. The van der Waals surface area contributed by atoms with E-state index in [-0.39, 0.29) is 17.5 Å². The van der Waals surface area contributed by atoms with Crippen molar-refractivity contribution in [3.63, 3.8) is 0 Å². The summed E-state index contributed by atoms with van der Waals surface area (Å²) in [5.41, 5.74) is 3.17. The highest BCUT2D eigenvalue weighted by atomic mass is 32.2. The molecule has 7 heteroatoms. The van der Waals surface area contributed by atoms with Crippen molar-refractivity contribution in [3.05, 3.63) is 29.8 Å². The van der Waals surface area contributed by atoms with Crippen molar-refractivity contribution < 1.29 is 12.8 Å². The summed E-state index contributed by atoms with van der Waals surface area (Å²) in [6.07, 6.45) is 2.14. The zero-order chi connectivity index (χ0) is 13.6. The number of pyridine rings is 1. The lowest BCUT2D eigenvalue weighted by Crippen LogP contribution is -2.29. The lowest BCUT2D eigenvalue weighted by Gasteiger charge is -2.14. The van der Waals surface area contributed by atoms with Gasteiger partial charge < -0.3 is 0 Å². The largest absolute Gasteiger partial charge is 0.271 e. The fourth-order valence-electron chi connectivity index (χ4n) is 1.56. The first-order chi connectivity index (χ1) is 8.48. The molecule has 0 amide bonds. The third-order valence-electron chi connectivity index (χ3n) is 2.70. The minimum Gasteiger partial charge on any atom is -0.271 e. The molecule has 18 heavy (non-hydrogen) atoms. The maximum atomic E-state index is 12.7. The molecule has 1 aromatic rings. The normalized spacial score (nSPS) is 13.5. The van der Waals surface area contributed by atoms with E-state index in [2.05, 4.69) is 10.4 Å². The molecule has 1 atom stereocenters. The summed E-state index contributed by atoms with van der Waals surface area (Å²) in [6.45, 7) is 1.62. The number of hydrazine groups is 1. The van der Waals surface area contributed by atoms with Gasteiger partial charge in [-0.2, -0.15) is 0 Å². The van der Waals surface area contributed by atoms with Gasteiger partial charge in [0.2, 0.25) is 0 Å². The number of nitrogens with zero attached hydrogens (tertiary/aromatic N) is 1. The molecular weight excluding hydrogens is 257 g/mol. The van der Waals surface area contributed by atoms with Gasteiger partial charge in [0.1, 0.15) is 15.7 Å². The standard InChI is InChI=1S/C11H18FN3O2S/c1-2-18(16,17)7-3-4-11(15-13)10-6-5-9(12)8-14-10/h5-6,8,11,15H,2-4,7,13H2,1H3. The third kappa shape index (κ3) is 4.67. The molecule has 0 radical (unpaired) electrons. The number of hydrogen-bond acceptors (Lipinski definition) is 5. The van der Waals surface area contributed by atoms with Crippen LogP contribution in [0.1, 0.15) is 31.5 Å². The van der Waals surface area contributed by atoms with Gasteiger partial charge >= 0.3 is 0 Å². The Labute approximate surface area is 106 Å². The van der Waals surface area contributed by atoms with Crippen LogP contribution in [-0.2, 0) is 9.84 Å². The Morgan fingerprint density at radius 2 is 2.22 bits per heavy atom. The summed E-state index contributed by atoms with van der Waals surface area (Å²) in [4.78, 5) is 3.92. The summed E-state index contributed by atoms with van der Waals surface area (Å²) < 4.78 is 35.4. The maximum Gasteiger partial charge on any atom is 0.150 e. The number of sulfone groups is 1. The van der Waals surface area contributed by atoms with Gasteiger partial charge in [-0.1, -0.05) is 6.92 Å². The number of nitrogens with one attached hydrogen (secondary N) is 1. The topological polar surface area (TPSA) is 85.1 Å². The van der Waals surface area contributed by atoms with Gasteiger partial charge in [0.05, 0.1) is 23.7 Å². The summed E-state index contributed by atoms with van der Waals surface area (Å²) in [6, 6.07) is 2.57. The van der Waals surface area contributed by atoms with Gasteiger partial charge in [0.25, 0.3) is 0 Å².